The van der Waals surface area contributed by atoms with E-state index >= 15 is 0 Å². The van der Waals surface area contributed by atoms with Gasteiger partial charge in [-0.05, 0) is 30.7 Å². The molecule has 1 unspecified atom stereocenters. The monoisotopic (exact) mass is 298 g/mol. The first-order valence-corrected chi connectivity index (χ1v) is 7.63. The van der Waals surface area contributed by atoms with E-state index in [9.17, 15) is 9.59 Å². The molecule has 0 spiro atoms. The summed E-state index contributed by atoms with van der Waals surface area (Å²) in [5, 5.41) is 5.06. The van der Waals surface area contributed by atoms with Gasteiger partial charge in [0.15, 0.2) is 0 Å². The first kappa shape index (κ1) is 16.7. The van der Waals surface area contributed by atoms with Gasteiger partial charge in [-0.1, -0.05) is 13.8 Å². The van der Waals surface area contributed by atoms with Gasteiger partial charge in [-0.25, -0.2) is 4.79 Å². The molecular formula is C14H22N2O3S. The summed E-state index contributed by atoms with van der Waals surface area (Å²) in [4.78, 5) is 23.9. The molecule has 0 radical (unpaired) electrons. The number of carbonyl (C=O) groups is 2. The number of ether oxygens (including phenoxy) is 1. The molecule has 1 heterocycles. The lowest BCUT2D eigenvalue weighted by Gasteiger charge is -2.16. The number of nitrogens with one attached hydrogen (secondary N) is 1. The highest BCUT2D eigenvalue weighted by Crippen LogP contribution is 2.25. The third-order valence-corrected chi connectivity index (χ3v) is 3.64. The Morgan fingerprint density at radius 3 is 2.70 bits per heavy atom. The molecule has 0 aromatic carbocycles. The molecule has 0 aliphatic rings. The number of rotatable bonds is 7. The number of carbonyl (C=O) groups excluding carboxylic acids is 2. The topological polar surface area (TPSA) is 81.4 Å². The maximum atomic E-state index is 12.2. The Morgan fingerprint density at radius 2 is 2.15 bits per heavy atom. The molecule has 20 heavy (non-hydrogen) atoms. The van der Waals surface area contributed by atoms with Gasteiger partial charge in [0, 0.05) is 6.54 Å². The van der Waals surface area contributed by atoms with Crippen molar-refractivity contribution in [2.45, 2.75) is 27.2 Å². The van der Waals surface area contributed by atoms with Crippen molar-refractivity contribution in [3.8, 4) is 0 Å². The number of esters is 1. The zero-order valence-corrected chi connectivity index (χ0v) is 13.0. The molecule has 0 aliphatic carbocycles. The average molecular weight is 298 g/mol. The average Bonchev–Trinajstić information content (AvgIpc) is 2.84. The van der Waals surface area contributed by atoms with Crippen LogP contribution in [-0.2, 0) is 9.53 Å². The standard InChI is InChI=1S/C14H22N2O3S/c1-4-19-14(18)11-5-6-20-13(11)16-12(17)10(8-15)7-9(2)3/h5-6,9-10H,4,7-8,15H2,1-3H3,(H,16,17). The van der Waals surface area contributed by atoms with Gasteiger partial charge in [-0.15, -0.1) is 11.3 Å². The van der Waals surface area contributed by atoms with E-state index in [0.717, 1.165) is 6.42 Å². The van der Waals surface area contributed by atoms with E-state index in [-0.39, 0.29) is 11.8 Å². The summed E-state index contributed by atoms with van der Waals surface area (Å²) in [5.41, 5.74) is 6.04. The number of thiophene rings is 1. The van der Waals surface area contributed by atoms with Gasteiger partial charge < -0.3 is 15.8 Å². The number of amides is 1. The van der Waals surface area contributed by atoms with E-state index < -0.39 is 5.97 Å². The Bertz CT molecular complexity index is 457. The van der Waals surface area contributed by atoms with Crippen LogP contribution in [0.5, 0.6) is 0 Å². The minimum absolute atomic E-state index is 0.144. The third kappa shape index (κ3) is 4.61. The van der Waals surface area contributed by atoms with Gasteiger partial charge in [-0.3, -0.25) is 4.79 Å². The lowest BCUT2D eigenvalue weighted by atomic mass is 9.96. The maximum Gasteiger partial charge on any atom is 0.341 e. The van der Waals surface area contributed by atoms with Crippen LogP contribution in [0.25, 0.3) is 0 Å². The molecule has 0 aliphatic heterocycles. The molecule has 1 atom stereocenters. The van der Waals surface area contributed by atoms with Gasteiger partial charge in [0.25, 0.3) is 0 Å². The minimum Gasteiger partial charge on any atom is -0.462 e. The number of hydrogen-bond acceptors (Lipinski definition) is 5. The van der Waals surface area contributed by atoms with Gasteiger partial charge in [0.05, 0.1) is 18.1 Å². The summed E-state index contributed by atoms with van der Waals surface area (Å²) in [6.45, 7) is 6.44. The van der Waals surface area contributed by atoms with E-state index in [1.165, 1.54) is 11.3 Å². The molecule has 0 bridgehead atoms. The second-order valence-corrected chi connectivity index (χ2v) is 5.85. The zero-order valence-electron chi connectivity index (χ0n) is 12.1. The van der Waals surface area contributed by atoms with E-state index in [1.54, 1.807) is 18.4 Å². The van der Waals surface area contributed by atoms with Crippen LogP contribution >= 0.6 is 11.3 Å². The number of nitrogens with two attached hydrogens (primary N) is 1. The Labute approximate surface area is 123 Å². The molecule has 1 amide bonds. The van der Waals surface area contributed by atoms with Crippen LogP contribution in [0, 0.1) is 11.8 Å². The van der Waals surface area contributed by atoms with Gasteiger partial charge >= 0.3 is 5.97 Å². The van der Waals surface area contributed by atoms with Crippen molar-refractivity contribution in [2.75, 3.05) is 18.5 Å². The van der Waals surface area contributed by atoms with Crippen molar-refractivity contribution >= 4 is 28.2 Å². The van der Waals surface area contributed by atoms with E-state index in [2.05, 4.69) is 5.32 Å². The fourth-order valence-corrected chi connectivity index (χ4v) is 2.65. The largest absolute Gasteiger partial charge is 0.462 e. The zero-order chi connectivity index (χ0) is 15.1. The van der Waals surface area contributed by atoms with Crippen molar-refractivity contribution in [2.24, 2.45) is 17.6 Å². The predicted octanol–water partition coefficient (Wildman–Crippen LogP) is 2.48. The van der Waals surface area contributed by atoms with Gasteiger partial charge in [-0.2, -0.15) is 0 Å². The third-order valence-electron chi connectivity index (χ3n) is 2.81. The molecular weight excluding hydrogens is 276 g/mol. The normalized spacial score (nSPS) is 12.2. The molecule has 0 fully saturated rings. The van der Waals surface area contributed by atoms with E-state index in [4.69, 9.17) is 10.5 Å². The van der Waals surface area contributed by atoms with Crippen LogP contribution in [0.2, 0.25) is 0 Å². The van der Waals surface area contributed by atoms with Crippen LogP contribution in [0.15, 0.2) is 11.4 Å². The lowest BCUT2D eigenvalue weighted by Crippen LogP contribution is -2.30. The first-order chi connectivity index (χ1) is 9.49. The Hall–Kier alpha value is -1.40. The Balaban J connectivity index is 2.75. The van der Waals surface area contributed by atoms with E-state index in [1.807, 2.05) is 13.8 Å². The molecule has 0 saturated carbocycles. The SMILES string of the molecule is CCOC(=O)c1ccsc1NC(=O)C(CN)CC(C)C. The molecule has 6 heteroatoms. The van der Waals surface area contributed by atoms with Crippen molar-refractivity contribution in [1.29, 1.82) is 0 Å². The van der Waals surface area contributed by atoms with Crippen molar-refractivity contribution in [3.05, 3.63) is 17.0 Å². The molecule has 1 aromatic heterocycles. The summed E-state index contributed by atoms with van der Waals surface area (Å²) < 4.78 is 4.95. The van der Waals surface area contributed by atoms with Crippen LogP contribution in [0.4, 0.5) is 5.00 Å². The molecule has 1 rings (SSSR count). The minimum atomic E-state index is -0.419. The number of hydrogen-bond donors (Lipinski definition) is 2. The van der Waals surface area contributed by atoms with Crippen LogP contribution < -0.4 is 11.1 Å². The second kappa shape index (κ2) is 8.01. The Kier molecular flexibility index (Phi) is 6.67. The van der Waals surface area contributed by atoms with Crippen molar-refractivity contribution < 1.29 is 14.3 Å². The fourth-order valence-electron chi connectivity index (χ4n) is 1.87. The van der Waals surface area contributed by atoms with E-state index in [0.29, 0.717) is 29.6 Å². The van der Waals surface area contributed by atoms with Crippen molar-refractivity contribution in [1.82, 2.24) is 0 Å². The summed E-state index contributed by atoms with van der Waals surface area (Å²) in [7, 11) is 0. The fraction of sp³-hybridized carbons (Fsp3) is 0.571. The first-order valence-electron chi connectivity index (χ1n) is 6.75. The van der Waals surface area contributed by atoms with Crippen LogP contribution in [-0.4, -0.2) is 25.0 Å². The smallest absolute Gasteiger partial charge is 0.341 e. The molecule has 5 nitrogen and oxygen atoms in total. The van der Waals surface area contributed by atoms with Gasteiger partial charge in [0.2, 0.25) is 5.91 Å². The second-order valence-electron chi connectivity index (χ2n) is 4.94. The highest BCUT2D eigenvalue weighted by atomic mass is 32.1. The Morgan fingerprint density at radius 1 is 1.45 bits per heavy atom. The van der Waals surface area contributed by atoms with Gasteiger partial charge in [0.1, 0.15) is 5.00 Å². The maximum absolute atomic E-state index is 12.2. The molecule has 1 aromatic rings. The lowest BCUT2D eigenvalue weighted by molar-refractivity contribution is -0.120. The molecule has 112 valence electrons. The summed E-state index contributed by atoms with van der Waals surface area (Å²) in [5.74, 6) is -0.416. The number of anilines is 1. The highest BCUT2D eigenvalue weighted by Gasteiger charge is 2.21. The van der Waals surface area contributed by atoms with Crippen molar-refractivity contribution in [3.63, 3.8) is 0 Å². The summed E-state index contributed by atoms with van der Waals surface area (Å²) >= 11 is 1.31. The predicted molar refractivity (Wildman–Crippen MR) is 80.9 cm³/mol. The molecule has 0 saturated heterocycles. The quantitative estimate of drug-likeness (QED) is 0.758. The summed E-state index contributed by atoms with van der Waals surface area (Å²) in [6.07, 6.45) is 0.725. The summed E-state index contributed by atoms with van der Waals surface area (Å²) in [6, 6.07) is 1.65. The molecule has 3 N–H and O–H groups in total. The van der Waals surface area contributed by atoms with Crippen LogP contribution in [0.3, 0.4) is 0 Å². The highest BCUT2D eigenvalue weighted by molar-refractivity contribution is 7.14. The van der Waals surface area contributed by atoms with Crippen LogP contribution in [0.1, 0.15) is 37.6 Å².